The third-order valence-electron chi connectivity index (χ3n) is 5.20. The molecule has 0 radical (unpaired) electrons. The van der Waals surface area contributed by atoms with Crippen LogP contribution in [-0.4, -0.2) is 46.1 Å². The van der Waals surface area contributed by atoms with E-state index >= 15 is 0 Å². The standard InChI is InChI=1S/C20H24N4OS/c1-2-24-9-5-15(6-10-24)7-11-25-19-17-13-16(20-21-8-12-26-20)3-4-18(17)22-14-23-19/h3-4,8,12-15H,2,5-7,9-11H2,1H3. The third kappa shape index (κ3) is 3.86. The summed E-state index contributed by atoms with van der Waals surface area (Å²) in [5.41, 5.74) is 1.99. The molecule has 1 aliphatic rings. The van der Waals surface area contributed by atoms with Crippen molar-refractivity contribution in [3.05, 3.63) is 36.1 Å². The minimum absolute atomic E-state index is 0.680. The molecule has 1 aliphatic heterocycles. The van der Waals surface area contributed by atoms with Crippen molar-refractivity contribution >= 4 is 22.2 Å². The molecular weight excluding hydrogens is 344 g/mol. The molecule has 26 heavy (non-hydrogen) atoms. The molecule has 0 amide bonds. The smallest absolute Gasteiger partial charge is 0.224 e. The van der Waals surface area contributed by atoms with E-state index in [9.17, 15) is 0 Å². The number of ether oxygens (including phenoxy) is 1. The molecule has 6 heteroatoms. The molecule has 1 saturated heterocycles. The fourth-order valence-electron chi connectivity index (χ4n) is 3.56. The average molecular weight is 369 g/mol. The number of hydrogen-bond donors (Lipinski definition) is 0. The third-order valence-corrected chi connectivity index (χ3v) is 6.02. The second-order valence-corrected chi connectivity index (χ2v) is 7.66. The molecule has 1 aromatic carbocycles. The Labute approximate surface area is 158 Å². The van der Waals surface area contributed by atoms with Gasteiger partial charge >= 0.3 is 0 Å². The SMILES string of the molecule is CCN1CCC(CCOc2ncnc3ccc(-c4nccs4)cc23)CC1. The summed E-state index contributed by atoms with van der Waals surface area (Å²) in [6.45, 7) is 6.55. The van der Waals surface area contributed by atoms with Gasteiger partial charge in [-0.1, -0.05) is 6.92 Å². The molecule has 0 N–H and O–H groups in total. The zero-order valence-electron chi connectivity index (χ0n) is 15.1. The predicted octanol–water partition coefficient (Wildman–Crippen LogP) is 4.25. The number of likely N-dealkylation sites (tertiary alicyclic amines) is 1. The van der Waals surface area contributed by atoms with E-state index < -0.39 is 0 Å². The van der Waals surface area contributed by atoms with Crippen LogP contribution >= 0.6 is 11.3 Å². The lowest BCUT2D eigenvalue weighted by atomic mass is 9.94. The second-order valence-electron chi connectivity index (χ2n) is 6.76. The van der Waals surface area contributed by atoms with Crippen LogP contribution in [0.3, 0.4) is 0 Å². The number of hydrogen-bond acceptors (Lipinski definition) is 6. The van der Waals surface area contributed by atoms with Crippen LogP contribution in [0, 0.1) is 5.92 Å². The highest BCUT2D eigenvalue weighted by atomic mass is 32.1. The van der Waals surface area contributed by atoms with E-state index in [1.807, 2.05) is 17.6 Å². The second kappa shape index (κ2) is 8.10. The van der Waals surface area contributed by atoms with Gasteiger partial charge < -0.3 is 9.64 Å². The Morgan fingerprint density at radius 3 is 2.85 bits per heavy atom. The molecule has 1 fully saturated rings. The molecule has 2 aromatic heterocycles. The highest BCUT2D eigenvalue weighted by molar-refractivity contribution is 7.13. The van der Waals surface area contributed by atoms with Gasteiger partial charge in [0.15, 0.2) is 0 Å². The summed E-state index contributed by atoms with van der Waals surface area (Å²) in [5, 5.41) is 3.95. The first kappa shape index (κ1) is 17.4. The zero-order chi connectivity index (χ0) is 17.8. The van der Waals surface area contributed by atoms with E-state index in [1.54, 1.807) is 17.7 Å². The molecule has 136 valence electrons. The maximum absolute atomic E-state index is 6.07. The topological polar surface area (TPSA) is 51.1 Å². The van der Waals surface area contributed by atoms with E-state index in [1.165, 1.54) is 25.9 Å². The highest BCUT2D eigenvalue weighted by Crippen LogP contribution is 2.29. The van der Waals surface area contributed by atoms with Crippen LogP contribution in [0.2, 0.25) is 0 Å². The van der Waals surface area contributed by atoms with Gasteiger partial charge in [-0.2, -0.15) is 0 Å². The summed E-state index contributed by atoms with van der Waals surface area (Å²) in [6, 6.07) is 6.16. The van der Waals surface area contributed by atoms with Gasteiger partial charge in [-0.3, -0.25) is 0 Å². The number of rotatable bonds is 6. The maximum Gasteiger partial charge on any atom is 0.224 e. The van der Waals surface area contributed by atoms with Crippen molar-refractivity contribution in [3.63, 3.8) is 0 Å². The van der Waals surface area contributed by atoms with Crippen molar-refractivity contribution in [2.75, 3.05) is 26.2 Å². The van der Waals surface area contributed by atoms with Crippen molar-refractivity contribution in [1.29, 1.82) is 0 Å². The fourth-order valence-corrected chi connectivity index (χ4v) is 4.20. The summed E-state index contributed by atoms with van der Waals surface area (Å²) >= 11 is 1.63. The minimum Gasteiger partial charge on any atom is -0.477 e. The summed E-state index contributed by atoms with van der Waals surface area (Å²) in [6.07, 6.45) is 7.05. The predicted molar refractivity (Wildman–Crippen MR) is 106 cm³/mol. The van der Waals surface area contributed by atoms with Crippen LogP contribution in [0.4, 0.5) is 0 Å². The molecule has 0 spiro atoms. The first-order chi connectivity index (χ1) is 12.8. The first-order valence-electron chi connectivity index (χ1n) is 9.33. The Morgan fingerprint density at radius 2 is 2.08 bits per heavy atom. The van der Waals surface area contributed by atoms with Crippen LogP contribution in [0.15, 0.2) is 36.1 Å². The monoisotopic (exact) mass is 368 g/mol. The normalized spacial score (nSPS) is 16.2. The molecule has 0 saturated carbocycles. The van der Waals surface area contributed by atoms with Gasteiger partial charge in [-0.05, 0) is 63.0 Å². The van der Waals surface area contributed by atoms with Crippen molar-refractivity contribution in [2.24, 2.45) is 5.92 Å². The maximum atomic E-state index is 6.07. The Hall–Kier alpha value is -2.05. The van der Waals surface area contributed by atoms with Crippen molar-refractivity contribution in [2.45, 2.75) is 26.2 Å². The highest BCUT2D eigenvalue weighted by Gasteiger charge is 2.18. The average Bonchev–Trinajstić information content (AvgIpc) is 3.23. The molecule has 3 aromatic rings. The Bertz CT molecular complexity index is 844. The van der Waals surface area contributed by atoms with Gasteiger partial charge in [0.2, 0.25) is 5.88 Å². The van der Waals surface area contributed by atoms with E-state index in [0.29, 0.717) is 12.5 Å². The van der Waals surface area contributed by atoms with Crippen LogP contribution in [0.25, 0.3) is 21.5 Å². The molecule has 4 rings (SSSR count). The summed E-state index contributed by atoms with van der Waals surface area (Å²) in [7, 11) is 0. The van der Waals surface area contributed by atoms with Crippen molar-refractivity contribution in [1.82, 2.24) is 19.9 Å². The van der Waals surface area contributed by atoms with Gasteiger partial charge in [-0.15, -0.1) is 11.3 Å². The number of benzene rings is 1. The molecular formula is C20H24N4OS. The first-order valence-corrected chi connectivity index (χ1v) is 10.2. The fraction of sp³-hybridized carbons (Fsp3) is 0.450. The summed E-state index contributed by atoms with van der Waals surface area (Å²) < 4.78 is 6.07. The number of piperidine rings is 1. The van der Waals surface area contributed by atoms with Crippen LogP contribution in [0.1, 0.15) is 26.2 Å². The van der Waals surface area contributed by atoms with Crippen LogP contribution in [0.5, 0.6) is 5.88 Å². The van der Waals surface area contributed by atoms with Gasteiger partial charge in [0.05, 0.1) is 17.5 Å². The van der Waals surface area contributed by atoms with Gasteiger partial charge in [0.1, 0.15) is 11.3 Å². The minimum atomic E-state index is 0.680. The molecule has 0 bridgehead atoms. The van der Waals surface area contributed by atoms with E-state index in [4.69, 9.17) is 4.74 Å². The van der Waals surface area contributed by atoms with Gasteiger partial charge in [-0.25, -0.2) is 15.0 Å². The van der Waals surface area contributed by atoms with Crippen molar-refractivity contribution < 1.29 is 4.74 Å². The van der Waals surface area contributed by atoms with Gasteiger partial charge in [0, 0.05) is 17.1 Å². The quantitative estimate of drug-likeness (QED) is 0.651. The molecule has 5 nitrogen and oxygen atoms in total. The molecule has 0 aliphatic carbocycles. The Balaban J connectivity index is 1.44. The lowest BCUT2D eigenvalue weighted by molar-refractivity contribution is 0.168. The van der Waals surface area contributed by atoms with Crippen LogP contribution in [-0.2, 0) is 0 Å². The Morgan fingerprint density at radius 1 is 1.19 bits per heavy atom. The molecule has 0 unspecified atom stereocenters. The Kier molecular flexibility index (Phi) is 5.41. The van der Waals surface area contributed by atoms with E-state index in [-0.39, 0.29) is 0 Å². The number of fused-ring (bicyclic) bond motifs is 1. The largest absolute Gasteiger partial charge is 0.477 e. The number of nitrogens with zero attached hydrogens (tertiary/aromatic N) is 4. The van der Waals surface area contributed by atoms with E-state index in [2.05, 4.69) is 38.9 Å². The number of aromatic nitrogens is 3. The van der Waals surface area contributed by atoms with Crippen molar-refractivity contribution in [3.8, 4) is 16.5 Å². The molecule has 3 heterocycles. The lowest BCUT2D eigenvalue weighted by Gasteiger charge is -2.30. The molecule has 0 atom stereocenters. The number of thiazole rings is 1. The summed E-state index contributed by atoms with van der Waals surface area (Å²) in [5.74, 6) is 1.44. The zero-order valence-corrected chi connectivity index (χ0v) is 15.9. The summed E-state index contributed by atoms with van der Waals surface area (Å²) in [4.78, 5) is 15.7. The van der Waals surface area contributed by atoms with Crippen LogP contribution < -0.4 is 4.74 Å². The van der Waals surface area contributed by atoms with E-state index in [0.717, 1.165) is 40.4 Å². The lowest BCUT2D eigenvalue weighted by Crippen LogP contribution is -2.33. The van der Waals surface area contributed by atoms with Gasteiger partial charge in [0.25, 0.3) is 0 Å².